The number of sulfonamides is 1. The van der Waals surface area contributed by atoms with Crippen LogP contribution in [0.4, 0.5) is 11.4 Å². The van der Waals surface area contributed by atoms with Gasteiger partial charge in [-0.05, 0) is 30.3 Å². The van der Waals surface area contributed by atoms with Gasteiger partial charge in [0.2, 0.25) is 15.9 Å². The number of hydrogen-bond donors (Lipinski definition) is 1. The molecule has 3 rings (SSSR count). The summed E-state index contributed by atoms with van der Waals surface area (Å²) in [7, 11) is -3.69. The standard InChI is InChI=1S/C17H16N2O4S/c1-12-11-24(22,23)19(17(12)21)15-9-5-6-13(10-15)16(20)18-14-7-3-2-4-8-14/h2-10,12H,11H2,1H3,(H,18,20). The Hall–Kier alpha value is -2.67. The van der Waals surface area contributed by atoms with Crippen LogP contribution in [0, 0.1) is 5.92 Å². The van der Waals surface area contributed by atoms with E-state index in [1.54, 1.807) is 43.3 Å². The molecule has 1 atom stereocenters. The van der Waals surface area contributed by atoms with Crippen LogP contribution in [0.25, 0.3) is 0 Å². The van der Waals surface area contributed by atoms with Crippen molar-refractivity contribution >= 4 is 33.2 Å². The minimum Gasteiger partial charge on any atom is -0.322 e. The third-order valence-corrected chi connectivity index (χ3v) is 5.60. The van der Waals surface area contributed by atoms with Crippen molar-refractivity contribution in [3.05, 3.63) is 60.2 Å². The highest BCUT2D eigenvalue weighted by Crippen LogP contribution is 2.28. The molecule has 1 fully saturated rings. The predicted molar refractivity (Wildman–Crippen MR) is 91.3 cm³/mol. The molecule has 0 aliphatic carbocycles. The lowest BCUT2D eigenvalue weighted by Crippen LogP contribution is -2.30. The van der Waals surface area contributed by atoms with E-state index in [2.05, 4.69) is 5.32 Å². The van der Waals surface area contributed by atoms with Gasteiger partial charge in [-0.1, -0.05) is 31.2 Å². The maximum atomic E-state index is 12.3. The Kier molecular flexibility index (Phi) is 4.11. The van der Waals surface area contributed by atoms with Gasteiger partial charge in [-0.15, -0.1) is 0 Å². The summed E-state index contributed by atoms with van der Waals surface area (Å²) in [5, 5.41) is 2.72. The predicted octanol–water partition coefficient (Wildman–Crippen LogP) is 2.25. The Labute approximate surface area is 140 Å². The van der Waals surface area contributed by atoms with Gasteiger partial charge in [-0.3, -0.25) is 9.59 Å². The molecule has 0 radical (unpaired) electrons. The molecule has 124 valence electrons. The third kappa shape index (κ3) is 3.03. The number of benzene rings is 2. The topological polar surface area (TPSA) is 83.6 Å². The average molecular weight is 344 g/mol. The second kappa shape index (κ2) is 6.09. The zero-order chi connectivity index (χ0) is 17.3. The van der Waals surface area contributed by atoms with Crippen LogP contribution in [0.2, 0.25) is 0 Å². The van der Waals surface area contributed by atoms with E-state index in [1.165, 1.54) is 12.1 Å². The molecule has 1 heterocycles. The fraction of sp³-hybridized carbons (Fsp3) is 0.176. The van der Waals surface area contributed by atoms with Crippen molar-refractivity contribution in [3.63, 3.8) is 0 Å². The Bertz CT molecular complexity index is 894. The number of nitrogens with one attached hydrogen (secondary N) is 1. The summed E-state index contributed by atoms with van der Waals surface area (Å²) in [6, 6.07) is 15.0. The lowest BCUT2D eigenvalue weighted by atomic mass is 10.1. The molecule has 2 aromatic rings. The first-order chi connectivity index (χ1) is 11.4. The van der Waals surface area contributed by atoms with Crippen molar-refractivity contribution in [1.29, 1.82) is 0 Å². The summed E-state index contributed by atoms with van der Waals surface area (Å²) in [6.45, 7) is 1.58. The van der Waals surface area contributed by atoms with Crippen molar-refractivity contribution in [2.24, 2.45) is 5.92 Å². The fourth-order valence-electron chi connectivity index (χ4n) is 2.59. The van der Waals surface area contributed by atoms with Crippen molar-refractivity contribution in [1.82, 2.24) is 0 Å². The number of hydrogen-bond acceptors (Lipinski definition) is 4. The van der Waals surface area contributed by atoms with Gasteiger partial charge in [0.1, 0.15) is 0 Å². The van der Waals surface area contributed by atoms with Gasteiger partial charge < -0.3 is 5.32 Å². The van der Waals surface area contributed by atoms with Gasteiger partial charge in [0.15, 0.2) is 0 Å². The van der Waals surface area contributed by atoms with E-state index in [0.717, 1.165) is 4.31 Å². The molecule has 6 nitrogen and oxygen atoms in total. The van der Waals surface area contributed by atoms with Crippen molar-refractivity contribution < 1.29 is 18.0 Å². The molecule has 0 bridgehead atoms. The van der Waals surface area contributed by atoms with E-state index in [-0.39, 0.29) is 22.9 Å². The summed E-state index contributed by atoms with van der Waals surface area (Å²) in [5.41, 5.74) is 1.09. The summed E-state index contributed by atoms with van der Waals surface area (Å²) in [6.07, 6.45) is 0. The average Bonchev–Trinajstić information content (AvgIpc) is 2.76. The largest absolute Gasteiger partial charge is 0.322 e. The molecular weight excluding hydrogens is 328 g/mol. The van der Waals surface area contributed by atoms with Gasteiger partial charge in [-0.25, -0.2) is 12.7 Å². The molecule has 1 N–H and O–H groups in total. The molecule has 0 spiro atoms. The number of para-hydroxylation sites is 1. The van der Waals surface area contributed by atoms with E-state index in [1.807, 2.05) is 6.07 Å². The van der Waals surface area contributed by atoms with E-state index < -0.39 is 21.8 Å². The summed E-state index contributed by atoms with van der Waals surface area (Å²) in [5.74, 6) is -1.65. The Balaban J connectivity index is 1.90. The maximum Gasteiger partial charge on any atom is 0.255 e. The number of amides is 2. The molecule has 1 aliphatic heterocycles. The van der Waals surface area contributed by atoms with E-state index >= 15 is 0 Å². The van der Waals surface area contributed by atoms with Crippen LogP contribution < -0.4 is 9.62 Å². The molecule has 0 aromatic heterocycles. The Morgan fingerprint density at radius 1 is 1.12 bits per heavy atom. The van der Waals surface area contributed by atoms with Crippen LogP contribution in [0.1, 0.15) is 17.3 Å². The van der Waals surface area contributed by atoms with E-state index in [0.29, 0.717) is 5.69 Å². The maximum absolute atomic E-state index is 12.3. The number of nitrogens with zero attached hydrogens (tertiary/aromatic N) is 1. The van der Waals surface area contributed by atoms with E-state index in [9.17, 15) is 18.0 Å². The molecule has 0 saturated carbocycles. The third-order valence-electron chi connectivity index (χ3n) is 3.74. The van der Waals surface area contributed by atoms with Gasteiger partial charge in [-0.2, -0.15) is 0 Å². The summed E-state index contributed by atoms with van der Waals surface area (Å²) >= 11 is 0. The normalized spacial score (nSPS) is 19.3. The molecule has 1 saturated heterocycles. The second-order valence-corrected chi connectivity index (χ2v) is 7.52. The second-order valence-electron chi connectivity index (χ2n) is 5.65. The number of rotatable bonds is 3. The number of carbonyl (C=O) groups excluding carboxylic acids is 2. The smallest absolute Gasteiger partial charge is 0.255 e. The summed E-state index contributed by atoms with van der Waals surface area (Å²) < 4.78 is 25.1. The Morgan fingerprint density at radius 2 is 1.83 bits per heavy atom. The highest BCUT2D eigenvalue weighted by atomic mass is 32.2. The van der Waals surface area contributed by atoms with E-state index in [4.69, 9.17) is 0 Å². The molecular formula is C17H16N2O4S. The van der Waals surface area contributed by atoms with Crippen molar-refractivity contribution in [2.75, 3.05) is 15.4 Å². The van der Waals surface area contributed by atoms with Crippen LogP contribution in [-0.4, -0.2) is 26.0 Å². The first-order valence-corrected chi connectivity index (χ1v) is 9.03. The van der Waals surface area contributed by atoms with Crippen LogP contribution >= 0.6 is 0 Å². The lowest BCUT2D eigenvalue weighted by molar-refractivity contribution is -0.119. The van der Waals surface area contributed by atoms with Crippen LogP contribution in [0.5, 0.6) is 0 Å². The van der Waals surface area contributed by atoms with Gasteiger partial charge >= 0.3 is 0 Å². The zero-order valence-corrected chi connectivity index (χ0v) is 13.8. The molecule has 2 aromatic carbocycles. The molecule has 1 unspecified atom stereocenters. The van der Waals surface area contributed by atoms with Crippen LogP contribution in [0.15, 0.2) is 54.6 Å². The highest BCUT2D eigenvalue weighted by Gasteiger charge is 2.42. The molecule has 2 amide bonds. The number of anilines is 2. The van der Waals surface area contributed by atoms with Crippen molar-refractivity contribution in [3.8, 4) is 0 Å². The van der Waals surface area contributed by atoms with Gasteiger partial charge in [0.05, 0.1) is 17.4 Å². The quantitative estimate of drug-likeness (QED) is 0.926. The van der Waals surface area contributed by atoms with Gasteiger partial charge in [0.25, 0.3) is 5.91 Å². The fourth-order valence-corrected chi connectivity index (χ4v) is 4.40. The Morgan fingerprint density at radius 3 is 2.46 bits per heavy atom. The molecule has 1 aliphatic rings. The van der Waals surface area contributed by atoms with Crippen LogP contribution in [-0.2, 0) is 14.8 Å². The van der Waals surface area contributed by atoms with Crippen molar-refractivity contribution in [2.45, 2.75) is 6.92 Å². The summed E-state index contributed by atoms with van der Waals surface area (Å²) in [4.78, 5) is 24.5. The monoisotopic (exact) mass is 344 g/mol. The molecule has 24 heavy (non-hydrogen) atoms. The number of carbonyl (C=O) groups is 2. The first-order valence-electron chi connectivity index (χ1n) is 7.42. The zero-order valence-electron chi connectivity index (χ0n) is 13.0. The van der Waals surface area contributed by atoms with Gasteiger partial charge in [0, 0.05) is 11.3 Å². The minimum absolute atomic E-state index is 0.185. The lowest BCUT2D eigenvalue weighted by Gasteiger charge is -2.16. The SMILES string of the molecule is CC1CS(=O)(=O)N(c2cccc(C(=O)Nc3ccccc3)c2)C1=O. The van der Waals surface area contributed by atoms with Crippen LogP contribution in [0.3, 0.4) is 0 Å². The molecule has 7 heteroatoms. The minimum atomic E-state index is -3.69. The first kappa shape index (κ1) is 16.2. The highest BCUT2D eigenvalue weighted by molar-refractivity contribution is 7.94.